The van der Waals surface area contributed by atoms with Gasteiger partial charge in [0.2, 0.25) is 5.91 Å². The van der Waals surface area contributed by atoms with Crippen LogP contribution in [0, 0.1) is 0 Å². The van der Waals surface area contributed by atoms with Gasteiger partial charge in [-0.3, -0.25) is 9.59 Å². The quantitative estimate of drug-likeness (QED) is 0.826. The second kappa shape index (κ2) is 6.51. The van der Waals surface area contributed by atoms with Crippen LogP contribution >= 0.6 is 0 Å². The third-order valence-corrected chi connectivity index (χ3v) is 5.80. The second-order valence-corrected chi connectivity index (χ2v) is 7.82. The summed E-state index contributed by atoms with van der Waals surface area (Å²) in [5, 5.41) is 0. The molecular formula is C21H26N4O2. The highest BCUT2D eigenvalue weighted by Crippen LogP contribution is 2.36. The van der Waals surface area contributed by atoms with E-state index in [1.807, 2.05) is 48.1 Å². The Hall–Kier alpha value is -2.63. The summed E-state index contributed by atoms with van der Waals surface area (Å²) in [5.74, 6) is 0.338. The van der Waals surface area contributed by atoms with Crippen molar-refractivity contribution in [2.75, 3.05) is 6.54 Å². The molecule has 0 aliphatic carbocycles. The van der Waals surface area contributed by atoms with E-state index >= 15 is 0 Å². The third-order valence-electron chi connectivity index (χ3n) is 5.80. The lowest BCUT2D eigenvalue weighted by Crippen LogP contribution is -2.62. The molecule has 6 nitrogen and oxygen atoms in total. The Labute approximate surface area is 159 Å². The van der Waals surface area contributed by atoms with Gasteiger partial charge in [-0.25, -0.2) is 0 Å². The van der Waals surface area contributed by atoms with Crippen LogP contribution in [0.4, 0.5) is 0 Å². The van der Waals surface area contributed by atoms with Gasteiger partial charge >= 0.3 is 0 Å². The van der Waals surface area contributed by atoms with Gasteiger partial charge in [-0.1, -0.05) is 13.3 Å². The molecule has 4 rings (SSSR count). The highest BCUT2D eigenvalue weighted by molar-refractivity contribution is 6.10. The van der Waals surface area contributed by atoms with Crippen LogP contribution in [-0.2, 0) is 16.1 Å². The summed E-state index contributed by atoms with van der Waals surface area (Å²) in [6.07, 6.45) is 9.81. The normalized spacial score (nSPS) is 27.1. The summed E-state index contributed by atoms with van der Waals surface area (Å²) in [4.78, 5) is 34.2. The average molecular weight is 366 g/mol. The molecule has 0 saturated heterocycles. The van der Waals surface area contributed by atoms with Crippen LogP contribution < -0.4 is 0 Å². The minimum Gasteiger partial charge on any atom is -0.348 e. The summed E-state index contributed by atoms with van der Waals surface area (Å²) < 4.78 is 2.23. The topological polar surface area (TPSA) is 57.9 Å². The molecule has 142 valence electrons. The average Bonchev–Trinajstić information content (AvgIpc) is 3.10. The van der Waals surface area contributed by atoms with Crippen molar-refractivity contribution >= 4 is 17.6 Å². The van der Waals surface area contributed by atoms with Crippen molar-refractivity contribution in [3.05, 3.63) is 47.9 Å². The zero-order valence-electron chi connectivity index (χ0n) is 16.2. The van der Waals surface area contributed by atoms with Crippen LogP contribution in [0.3, 0.4) is 0 Å². The highest BCUT2D eigenvalue weighted by Gasteiger charge is 2.49. The predicted molar refractivity (Wildman–Crippen MR) is 104 cm³/mol. The number of carbonyl (C=O) groups is 2. The predicted octanol–water partition coefficient (Wildman–Crippen LogP) is 3.03. The summed E-state index contributed by atoms with van der Waals surface area (Å²) in [5.41, 5.74) is 1.26. The molecule has 27 heavy (non-hydrogen) atoms. The molecule has 2 atom stereocenters. The van der Waals surface area contributed by atoms with Crippen LogP contribution in [0.1, 0.15) is 51.8 Å². The maximum Gasteiger partial charge on any atom is 0.250 e. The number of rotatable bonds is 3. The lowest BCUT2D eigenvalue weighted by Gasteiger charge is -2.47. The minimum atomic E-state index is -0.942. The Bertz CT molecular complexity index is 878. The van der Waals surface area contributed by atoms with Gasteiger partial charge in [0.05, 0.1) is 12.5 Å². The molecule has 0 aromatic carbocycles. The fourth-order valence-electron chi connectivity index (χ4n) is 4.41. The monoisotopic (exact) mass is 366 g/mol. The number of amidine groups is 1. The van der Waals surface area contributed by atoms with Crippen LogP contribution in [0.5, 0.6) is 0 Å². The molecule has 6 heteroatoms. The number of carbonyl (C=O) groups excluding carboxylic acids is 2. The molecule has 3 aliphatic heterocycles. The molecule has 2 amide bonds. The maximum absolute atomic E-state index is 13.8. The van der Waals surface area contributed by atoms with E-state index in [1.165, 1.54) is 5.69 Å². The molecule has 0 unspecified atom stereocenters. The molecule has 3 aliphatic rings. The first-order valence-electron chi connectivity index (χ1n) is 9.67. The Morgan fingerprint density at radius 2 is 2.19 bits per heavy atom. The van der Waals surface area contributed by atoms with Gasteiger partial charge in [0.15, 0.2) is 0 Å². The standard InChI is InChI=1S/C21H26N4O2/c1-4-6-17-16-7-5-9-23(16)11-12-24(17)20(27)21(3)14-19(26)22-18-13-15(2)8-10-25(18)21/h5,7-10,13,17H,4,6,11-12,14H2,1-3H3/t17-,21+/m1/s1. The lowest BCUT2D eigenvalue weighted by molar-refractivity contribution is -0.147. The number of aromatic nitrogens is 1. The van der Waals surface area contributed by atoms with Crippen molar-refractivity contribution in [2.24, 2.45) is 4.99 Å². The third kappa shape index (κ3) is 2.83. The number of hydrogen-bond acceptors (Lipinski definition) is 3. The Morgan fingerprint density at radius 3 is 2.96 bits per heavy atom. The first kappa shape index (κ1) is 17.8. The van der Waals surface area contributed by atoms with Gasteiger partial charge in [-0.15, -0.1) is 0 Å². The molecule has 1 aromatic rings. The van der Waals surface area contributed by atoms with Crippen molar-refractivity contribution in [1.82, 2.24) is 14.4 Å². The van der Waals surface area contributed by atoms with Crippen LogP contribution in [0.25, 0.3) is 0 Å². The van der Waals surface area contributed by atoms with Crippen LogP contribution in [0.2, 0.25) is 0 Å². The van der Waals surface area contributed by atoms with E-state index in [4.69, 9.17) is 0 Å². The van der Waals surface area contributed by atoms with E-state index in [0.717, 1.165) is 25.0 Å². The molecule has 4 heterocycles. The molecule has 0 radical (unpaired) electrons. The first-order valence-corrected chi connectivity index (χ1v) is 9.67. The summed E-state index contributed by atoms with van der Waals surface area (Å²) in [6.45, 7) is 7.42. The smallest absolute Gasteiger partial charge is 0.250 e. The molecule has 0 bridgehead atoms. The highest BCUT2D eigenvalue weighted by atomic mass is 16.2. The SMILES string of the molecule is CCC[C@@H]1c2cccn2CCN1C(=O)[C@]1(C)CC(=O)N=C2C=C(C)C=CN21. The number of allylic oxidation sites excluding steroid dienone is 2. The molecule has 0 saturated carbocycles. The summed E-state index contributed by atoms with van der Waals surface area (Å²) in [6, 6.07) is 4.20. The van der Waals surface area contributed by atoms with Gasteiger partial charge in [0.1, 0.15) is 11.4 Å². The van der Waals surface area contributed by atoms with Crippen molar-refractivity contribution in [3.63, 3.8) is 0 Å². The zero-order valence-corrected chi connectivity index (χ0v) is 16.2. The van der Waals surface area contributed by atoms with Crippen LogP contribution in [0.15, 0.2) is 47.2 Å². The van der Waals surface area contributed by atoms with Crippen LogP contribution in [-0.4, -0.2) is 44.1 Å². The van der Waals surface area contributed by atoms with E-state index < -0.39 is 5.54 Å². The first-order chi connectivity index (χ1) is 12.9. The lowest BCUT2D eigenvalue weighted by atomic mass is 9.88. The molecule has 1 aromatic heterocycles. The van der Waals surface area contributed by atoms with E-state index in [-0.39, 0.29) is 24.3 Å². The molecular weight excluding hydrogens is 340 g/mol. The maximum atomic E-state index is 13.8. The molecule has 0 N–H and O–H groups in total. The summed E-state index contributed by atoms with van der Waals surface area (Å²) >= 11 is 0. The Kier molecular flexibility index (Phi) is 4.29. The number of fused-ring (bicyclic) bond motifs is 2. The number of hydrogen-bond donors (Lipinski definition) is 0. The summed E-state index contributed by atoms with van der Waals surface area (Å²) in [7, 11) is 0. The van der Waals surface area contributed by atoms with Gasteiger partial charge in [0.25, 0.3) is 5.91 Å². The molecule has 0 spiro atoms. The van der Waals surface area contributed by atoms with E-state index in [0.29, 0.717) is 12.4 Å². The minimum absolute atomic E-state index is 0.00625. The van der Waals surface area contributed by atoms with Crippen molar-refractivity contribution in [1.29, 1.82) is 0 Å². The molecule has 0 fully saturated rings. The van der Waals surface area contributed by atoms with E-state index in [2.05, 4.69) is 28.7 Å². The Morgan fingerprint density at radius 1 is 1.37 bits per heavy atom. The number of nitrogens with zero attached hydrogens (tertiary/aromatic N) is 4. The van der Waals surface area contributed by atoms with Gasteiger partial charge in [-0.2, -0.15) is 4.99 Å². The van der Waals surface area contributed by atoms with Crippen molar-refractivity contribution in [3.8, 4) is 0 Å². The zero-order chi connectivity index (χ0) is 19.2. The van der Waals surface area contributed by atoms with Crippen molar-refractivity contribution < 1.29 is 9.59 Å². The fraction of sp³-hybridized carbons (Fsp3) is 0.476. The van der Waals surface area contributed by atoms with Gasteiger partial charge in [-0.05, 0) is 50.1 Å². The van der Waals surface area contributed by atoms with E-state index in [9.17, 15) is 9.59 Å². The van der Waals surface area contributed by atoms with Gasteiger partial charge < -0.3 is 14.4 Å². The fourth-order valence-corrected chi connectivity index (χ4v) is 4.41. The largest absolute Gasteiger partial charge is 0.348 e. The van der Waals surface area contributed by atoms with E-state index in [1.54, 1.807) is 0 Å². The van der Waals surface area contributed by atoms with Gasteiger partial charge in [0, 0.05) is 31.2 Å². The van der Waals surface area contributed by atoms with Crippen molar-refractivity contribution in [2.45, 2.75) is 58.2 Å². The number of aliphatic imine (C=N–C) groups is 1. The second-order valence-electron chi connectivity index (χ2n) is 7.82. The number of amides is 2. The Balaban J connectivity index is 1.70.